The Hall–Kier alpha value is -0.900. The molecule has 2 aliphatic heterocycles. The van der Waals surface area contributed by atoms with Crippen LogP contribution in [0.3, 0.4) is 0 Å². The minimum atomic E-state index is -0.443. The quantitative estimate of drug-likeness (QED) is 0.194. The number of nitrogens with zero attached hydrogens (tertiary/aromatic N) is 3. The molecule has 1 atom stereocenters. The maximum atomic E-state index is 10.5. The van der Waals surface area contributed by atoms with Crippen molar-refractivity contribution in [2.24, 2.45) is 10.9 Å². The van der Waals surface area contributed by atoms with Crippen molar-refractivity contribution in [3.05, 3.63) is 35.4 Å². The third kappa shape index (κ3) is 9.24. The minimum Gasteiger partial charge on any atom is -0.390 e. The standard InChI is InChI=1S/C24H41N5O.HI/c1-3-25-24(26-12-6-13-28-14-9-20(2)10-15-28)27-17-23(30)19-29-16-11-21-7-4-5-8-22(21)18-29;/h4-5,7-8,20,23,30H,3,6,9-19H2,1-2H3,(H2,25,26,27);1H. The second-order valence-corrected chi connectivity index (χ2v) is 8.93. The topological polar surface area (TPSA) is 63.1 Å². The Balaban J connectivity index is 0.00000341. The van der Waals surface area contributed by atoms with Crippen LogP contribution in [-0.2, 0) is 13.0 Å². The maximum absolute atomic E-state index is 10.5. The van der Waals surface area contributed by atoms with Crippen LogP contribution in [0, 0.1) is 5.92 Å². The lowest BCUT2D eigenvalue weighted by Gasteiger charge is -2.30. The summed E-state index contributed by atoms with van der Waals surface area (Å²) in [7, 11) is 0. The number of hydrogen-bond acceptors (Lipinski definition) is 4. The van der Waals surface area contributed by atoms with Gasteiger partial charge in [-0.1, -0.05) is 31.2 Å². The molecule has 1 aromatic carbocycles. The molecule has 3 rings (SSSR count). The molecule has 0 aliphatic carbocycles. The average Bonchev–Trinajstić information content (AvgIpc) is 2.76. The number of aliphatic hydroxyl groups is 1. The summed E-state index contributed by atoms with van der Waals surface area (Å²) < 4.78 is 0. The molecule has 2 heterocycles. The molecule has 0 bridgehead atoms. The Labute approximate surface area is 205 Å². The first-order valence-electron chi connectivity index (χ1n) is 11.9. The first-order chi connectivity index (χ1) is 14.6. The molecule has 31 heavy (non-hydrogen) atoms. The van der Waals surface area contributed by atoms with Gasteiger partial charge < -0.3 is 20.6 Å². The molecule has 3 N–H and O–H groups in total. The molecule has 0 radical (unpaired) electrons. The molecule has 0 amide bonds. The number of nitrogens with one attached hydrogen (secondary N) is 2. The highest BCUT2D eigenvalue weighted by Gasteiger charge is 2.18. The summed E-state index contributed by atoms with van der Waals surface area (Å²) in [6.07, 6.45) is 4.40. The third-order valence-corrected chi connectivity index (χ3v) is 6.30. The highest BCUT2D eigenvalue weighted by atomic mass is 127. The second-order valence-electron chi connectivity index (χ2n) is 8.93. The number of fused-ring (bicyclic) bond motifs is 1. The summed E-state index contributed by atoms with van der Waals surface area (Å²) >= 11 is 0. The summed E-state index contributed by atoms with van der Waals surface area (Å²) in [5.74, 6) is 1.70. The summed E-state index contributed by atoms with van der Waals surface area (Å²) in [4.78, 5) is 9.53. The van der Waals surface area contributed by atoms with Crippen molar-refractivity contribution in [3.63, 3.8) is 0 Å². The molecule has 2 aliphatic rings. The molecule has 176 valence electrons. The van der Waals surface area contributed by atoms with E-state index in [0.717, 1.165) is 57.4 Å². The Morgan fingerprint density at radius 1 is 1.13 bits per heavy atom. The van der Waals surface area contributed by atoms with E-state index < -0.39 is 6.10 Å². The third-order valence-electron chi connectivity index (χ3n) is 6.30. The Bertz CT molecular complexity index is 663. The van der Waals surface area contributed by atoms with E-state index in [4.69, 9.17) is 0 Å². The van der Waals surface area contributed by atoms with E-state index in [1.54, 1.807) is 0 Å². The number of benzene rings is 1. The zero-order valence-electron chi connectivity index (χ0n) is 19.4. The summed E-state index contributed by atoms with van der Waals surface area (Å²) in [6, 6.07) is 8.63. The Kier molecular flexibility index (Phi) is 12.1. The average molecular weight is 544 g/mol. The van der Waals surface area contributed by atoms with E-state index in [1.807, 2.05) is 0 Å². The molecule has 0 spiro atoms. The highest BCUT2D eigenvalue weighted by molar-refractivity contribution is 14.0. The molecule has 1 saturated heterocycles. The van der Waals surface area contributed by atoms with E-state index in [2.05, 4.69) is 63.5 Å². The fourth-order valence-electron chi connectivity index (χ4n) is 4.40. The molecule has 6 nitrogen and oxygen atoms in total. The first kappa shape index (κ1) is 26.4. The fraction of sp³-hybridized carbons (Fsp3) is 0.708. The van der Waals surface area contributed by atoms with Crippen LogP contribution in [0.4, 0.5) is 0 Å². The van der Waals surface area contributed by atoms with Crippen molar-refractivity contribution in [1.82, 2.24) is 20.4 Å². The van der Waals surface area contributed by atoms with Crippen LogP contribution in [0.2, 0.25) is 0 Å². The number of aliphatic hydroxyl groups excluding tert-OH is 1. The number of likely N-dealkylation sites (tertiary alicyclic amines) is 1. The number of guanidine groups is 1. The zero-order chi connectivity index (χ0) is 21.2. The SMILES string of the molecule is CCNC(=NCC(O)CN1CCc2ccccc2C1)NCCCN1CCC(C)CC1.I. The van der Waals surface area contributed by atoms with Gasteiger partial charge in [0.25, 0.3) is 0 Å². The number of piperidine rings is 1. The van der Waals surface area contributed by atoms with Crippen molar-refractivity contribution < 1.29 is 5.11 Å². The van der Waals surface area contributed by atoms with E-state index in [0.29, 0.717) is 13.1 Å². The van der Waals surface area contributed by atoms with Crippen molar-refractivity contribution >= 4 is 29.9 Å². The van der Waals surface area contributed by atoms with Gasteiger partial charge in [0.2, 0.25) is 0 Å². The van der Waals surface area contributed by atoms with Gasteiger partial charge in [-0.3, -0.25) is 9.89 Å². The van der Waals surface area contributed by atoms with Crippen molar-refractivity contribution in [2.45, 2.75) is 52.2 Å². The lowest BCUT2D eigenvalue weighted by atomic mass is 9.99. The van der Waals surface area contributed by atoms with Crippen LogP contribution in [0.25, 0.3) is 0 Å². The molecule has 7 heteroatoms. The second kappa shape index (κ2) is 14.3. The summed E-state index contributed by atoms with van der Waals surface area (Å²) in [5.41, 5.74) is 2.83. The van der Waals surface area contributed by atoms with Crippen molar-refractivity contribution in [3.8, 4) is 0 Å². The van der Waals surface area contributed by atoms with E-state index in [-0.39, 0.29) is 24.0 Å². The van der Waals surface area contributed by atoms with E-state index >= 15 is 0 Å². The van der Waals surface area contributed by atoms with Gasteiger partial charge in [-0.2, -0.15) is 0 Å². The number of aliphatic imine (C=N–C) groups is 1. The number of hydrogen-bond donors (Lipinski definition) is 3. The Morgan fingerprint density at radius 2 is 1.87 bits per heavy atom. The van der Waals surface area contributed by atoms with Gasteiger partial charge in [-0.25, -0.2) is 0 Å². The maximum Gasteiger partial charge on any atom is 0.191 e. The minimum absolute atomic E-state index is 0. The normalized spacial score (nSPS) is 19.4. The number of halogens is 1. The van der Waals surface area contributed by atoms with Crippen LogP contribution >= 0.6 is 24.0 Å². The van der Waals surface area contributed by atoms with Crippen molar-refractivity contribution in [2.75, 3.05) is 52.4 Å². The van der Waals surface area contributed by atoms with Crippen LogP contribution in [-0.4, -0.2) is 79.3 Å². The molecule has 1 unspecified atom stereocenters. The van der Waals surface area contributed by atoms with Gasteiger partial charge in [0, 0.05) is 32.7 Å². The molecule has 1 aromatic rings. The van der Waals surface area contributed by atoms with E-state index in [1.165, 1.54) is 37.1 Å². The molecule has 1 fully saturated rings. The first-order valence-corrected chi connectivity index (χ1v) is 11.9. The van der Waals surface area contributed by atoms with E-state index in [9.17, 15) is 5.11 Å². The smallest absolute Gasteiger partial charge is 0.191 e. The molecular formula is C24H42IN5O. The predicted octanol–water partition coefficient (Wildman–Crippen LogP) is 2.70. The van der Waals surface area contributed by atoms with Gasteiger partial charge in [0.1, 0.15) is 0 Å². The van der Waals surface area contributed by atoms with Crippen LogP contribution in [0.15, 0.2) is 29.3 Å². The van der Waals surface area contributed by atoms with Crippen molar-refractivity contribution in [1.29, 1.82) is 0 Å². The fourth-order valence-corrected chi connectivity index (χ4v) is 4.40. The van der Waals surface area contributed by atoms with Gasteiger partial charge in [0.15, 0.2) is 5.96 Å². The number of β-amino-alcohol motifs (C(OH)–C–C–N with tert-alkyl or cyclic N) is 1. The largest absolute Gasteiger partial charge is 0.390 e. The zero-order valence-corrected chi connectivity index (χ0v) is 21.7. The highest BCUT2D eigenvalue weighted by Crippen LogP contribution is 2.18. The van der Waals surface area contributed by atoms with Gasteiger partial charge in [0.05, 0.1) is 12.6 Å². The monoisotopic (exact) mass is 543 g/mol. The van der Waals surface area contributed by atoms with Gasteiger partial charge in [-0.15, -0.1) is 24.0 Å². The van der Waals surface area contributed by atoms with Gasteiger partial charge in [-0.05, 0) is 69.3 Å². The molecule has 0 saturated carbocycles. The molecule has 0 aromatic heterocycles. The lowest BCUT2D eigenvalue weighted by molar-refractivity contribution is 0.111. The number of rotatable bonds is 9. The Morgan fingerprint density at radius 3 is 2.61 bits per heavy atom. The van der Waals surface area contributed by atoms with Gasteiger partial charge >= 0.3 is 0 Å². The van der Waals surface area contributed by atoms with Crippen LogP contribution in [0.1, 0.15) is 44.2 Å². The molecular weight excluding hydrogens is 501 g/mol. The predicted molar refractivity (Wildman–Crippen MR) is 140 cm³/mol. The van der Waals surface area contributed by atoms with Crippen LogP contribution < -0.4 is 10.6 Å². The summed E-state index contributed by atoms with van der Waals surface area (Å²) in [5, 5.41) is 17.2. The van der Waals surface area contributed by atoms with Crippen LogP contribution in [0.5, 0.6) is 0 Å². The summed E-state index contributed by atoms with van der Waals surface area (Å²) in [6.45, 7) is 12.8. The lowest BCUT2D eigenvalue weighted by Crippen LogP contribution is -2.41.